The van der Waals surface area contributed by atoms with Gasteiger partial charge >= 0.3 is 0 Å². The first-order valence-electron chi connectivity index (χ1n) is 8.00. The molecule has 2 nitrogen and oxygen atoms in total. The molecule has 2 rings (SSSR count). The lowest BCUT2D eigenvalue weighted by molar-refractivity contribution is 0.306. The number of ether oxygens (including phenoxy) is 1. The van der Waals surface area contributed by atoms with Crippen molar-refractivity contribution in [3.05, 3.63) is 42.5 Å². The van der Waals surface area contributed by atoms with Crippen LogP contribution in [0.3, 0.4) is 0 Å². The fraction of sp³-hybridized carbons (Fsp3) is 0.474. The van der Waals surface area contributed by atoms with Gasteiger partial charge in [-0.2, -0.15) is 0 Å². The molecule has 0 saturated heterocycles. The molecule has 0 saturated carbocycles. The van der Waals surface area contributed by atoms with Crippen LogP contribution >= 0.6 is 0 Å². The van der Waals surface area contributed by atoms with Gasteiger partial charge in [-0.05, 0) is 37.1 Å². The average molecular weight is 285 g/mol. The number of nitrogens with one attached hydrogen (secondary N) is 1. The molecule has 0 bridgehead atoms. The fourth-order valence-corrected chi connectivity index (χ4v) is 2.47. The Kier molecular flexibility index (Phi) is 6.06. The van der Waals surface area contributed by atoms with E-state index in [2.05, 4.69) is 62.5 Å². The van der Waals surface area contributed by atoms with Crippen molar-refractivity contribution in [2.45, 2.75) is 39.7 Å². The third-order valence-corrected chi connectivity index (χ3v) is 3.78. The van der Waals surface area contributed by atoms with Gasteiger partial charge in [0.1, 0.15) is 12.4 Å². The Morgan fingerprint density at radius 3 is 2.52 bits per heavy atom. The van der Waals surface area contributed by atoms with Crippen LogP contribution in [0.25, 0.3) is 10.8 Å². The van der Waals surface area contributed by atoms with Crippen LogP contribution in [0.1, 0.15) is 33.6 Å². The normalized spacial score (nSPS) is 12.8. The van der Waals surface area contributed by atoms with E-state index >= 15 is 0 Å². The maximum atomic E-state index is 5.93. The first kappa shape index (κ1) is 15.8. The Labute approximate surface area is 128 Å². The highest BCUT2D eigenvalue weighted by molar-refractivity contribution is 5.88. The summed E-state index contributed by atoms with van der Waals surface area (Å²) in [5.41, 5.74) is 0. The molecule has 1 atom stereocenters. The molecular formula is C19H27NO. The Bertz CT molecular complexity index is 545. The maximum Gasteiger partial charge on any atom is 0.127 e. The quantitative estimate of drug-likeness (QED) is 0.714. The van der Waals surface area contributed by atoms with Gasteiger partial charge in [-0.25, -0.2) is 0 Å². The first-order valence-corrected chi connectivity index (χ1v) is 8.00. The lowest BCUT2D eigenvalue weighted by Gasteiger charge is -2.15. The molecule has 114 valence electrons. The average Bonchev–Trinajstić information content (AvgIpc) is 2.49. The summed E-state index contributed by atoms with van der Waals surface area (Å²) in [6, 6.07) is 15.1. The second-order valence-electron chi connectivity index (χ2n) is 6.15. The van der Waals surface area contributed by atoms with Gasteiger partial charge in [-0.1, -0.05) is 50.2 Å². The van der Waals surface area contributed by atoms with Gasteiger partial charge in [0.05, 0.1) is 0 Å². The van der Waals surface area contributed by atoms with Gasteiger partial charge in [-0.15, -0.1) is 0 Å². The molecule has 0 fully saturated rings. The second-order valence-corrected chi connectivity index (χ2v) is 6.15. The van der Waals surface area contributed by atoms with Crippen LogP contribution < -0.4 is 10.1 Å². The van der Waals surface area contributed by atoms with Crippen molar-refractivity contribution >= 4 is 10.8 Å². The monoisotopic (exact) mass is 285 g/mol. The minimum absolute atomic E-state index is 0.559. The summed E-state index contributed by atoms with van der Waals surface area (Å²) in [6.07, 6.45) is 2.50. The zero-order chi connectivity index (χ0) is 15.1. The number of fused-ring (bicyclic) bond motifs is 1. The van der Waals surface area contributed by atoms with Gasteiger partial charge < -0.3 is 10.1 Å². The Balaban J connectivity index is 1.78. The summed E-state index contributed by atoms with van der Waals surface area (Å²) >= 11 is 0. The molecule has 2 aromatic carbocycles. The first-order chi connectivity index (χ1) is 10.2. The molecule has 0 aromatic heterocycles. The summed E-state index contributed by atoms with van der Waals surface area (Å²) in [5.74, 6) is 1.76. The second kappa shape index (κ2) is 8.04. The van der Waals surface area contributed by atoms with E-state index in [9.17, 15) is 0 Å². The van der Waals surface area contributed by atoms with E-state index in [0.717, 1.165) is 18.2 Å². The molecular weight excluding hydrogens is 258 g/mol. The van der Waals surface area contributed by atoms with E-state index in [4.69, 9.17) is 4.74 Å². The lowest BCUT2D eigenvalue weighted by atomic mass is 10.0. The van der Waals surface area contributed by atoms with Crippen molar-refractivity contribution in [3.8, 4) is 5.75 Å². The van der Waals surface area contributed by atoms with E-state index in [1.165, 1.54) is 23.6 Å². The highest BCUT2D eigenvalue weighted by Crippen LogP contribution is 2.24. The maximum absolute atomic E-state index is 5.93. The molecule has 0 spiro atoms. The molecule has 1 N–H and O–H groups in total. The topological polar surface area (TPSA) is 21.3 Å². The third-order valence-electron chi connectivity index (χ3n) is 3.78. The summed E-state index contributed by atoms with van der Waals surface area (Å²) in [5, 5.41) is 5.95. The molecule has 1 unspecified atom stereocenters. The van der Waals surface area contributed by atoms with Gasteiger partial charge in [-0.3, -0.25) is 0 Å². The van der Waals surface area contributed by atoms with E-state index in [1.807, 2.05) is 6.07 Å². The van der Waals surface area contributed by atoms with Crippen molar-refractivity contribution in [1.82, 2.24) is 5.32 Å². The van der Waals surface area contributed by atoms with Crippen LogP contribution in [0.5, 0.6) is 5.75 Å². The number of rotatable bonds is 8. The third kappa shape index (κ3) is 5.05. The Hall–Kier alpha value is -1.54. The van der Waals surface area contributed by atoms with Crippen molar-refractivity contribution in [1.29, 1.82) is 0 Å². The molecule has 2 heteroatoms. The SMILES string of the molecule is CC(C)CCC(C)NCCOc1cccc2ccccc12. The zero-order valence-electron chi connectivity index (χ0n) is 13.4. The molecule has 2 aromatic rings. The fourth-order valence-electron chi connectivity index (χ4n) is 2.47. The van der Waals surface area contributed by atoms with Gasteiger partial charge in [0, 0.05) is 18.0 Å². The molecule has 0 radical (unpaired) electrons. The largest absolute Gasteiger partial charge is 0.492 e. The van der Waals surface area contributed by atoms with Gasteiger partial charge in [0.25, 0.3) is 0 Å². The van der Waals surface area contributed by atoms with Crippen LogP contribution in [0.15, 0.2) is 42.5 Å². The Morgan fingerprint density at radius 2 is 1.71 bits per heavy atom. The Morgan fingerprint density at radius 1 is 0.952 bits per heavy atom. The lowest BCUT2D eigenvalue weighted by Crippen LogP contribution is -2.30. The molecule has 0 aliphatic carbocycles. The van der Waals surface area contributed by atoms with Crippen LogP contribution in [-0.2, 0) is 0 Å². The minimum Gasteiger partial charge on any atom is -0.492 e. The molecule has 0 amide bonds. The summed E-state index contributed by atoms with van der Waals surface area (Å²) in [6.45, 7) is 8.40. The van der Waals surface area contributed by atoms with Crippen molar-refractivity contribution < 1.29 is 4.74 Å². The van der Waals surface area contributed by atoms with E-state index in [0.29, 0.717) is 12.6 Å². The van der Waals surface area contributed by atoms with E-state index in [1.54, 1.807) is 0 Å². The predicted molar refractivity (Wildman–Crippen MR) is 91.0 cm³/mol. The highest BCUT2D eigenvalue weighted by atomic mass is 16.5. The molecule has 0 aliphatic rings. The summed E-state index contributed by atoms with van der Waals surface area (Å²) in [7, 11) is 0. The van der Waals surface area contributed by atoms with Crippen LogP contribution in [0, 0.1) is 5.92 Å². The smallest absolute Gasteiger partial charge is 0.127 e. The molecule has 21 heavy (non-hydrogen) atoms. The number of hydrogen-bond donors (Lipinski definition) is 1. The highest BCUT2D eigenvalue weighted by Gasteiger charge is 2.04. The minimum atomic E-state index is 0.559. The number of benzene rings is 2. The van der Waals surface area contributed by atoms with E-state index in [-0.39, 0.29) is 0 Å². The van der Waals surface area contributed by atoms with Crippen LogP contribution in [0.2, 0.25) is 0 Å². The van der Waals surface area contributed by atoms with Crippen molar-refractivity contribution in [2.75, 3.05) is 13.2 Å². The van der Waals surface area contributed by atoms with Crippen LogP contribution in [0.4, 0.5) is 0 Å². The van der Waals surface area contributed by atoms with Crippen molar-refractivity contribution in [3.63, 3.8) is 0 Å². The van der Waals surface area contributed by atoms with Gasteiger partial charge in [0.15, 0.2) is 0 Å². The van der Waals surface area contributed by atoms with Crippen LogP contribution in [-0.4, -0.2) is 19.2 Å². The van der Waals surface area contributed by atoms with E-state index < -0.39 is 0 Å². The molecule has 0 aliphatic heterocycles. The summed E-state index contributed by atoms with van der Waals surface area (Å²) in [4.78, 5) is 0. The predicted octanol–water partition coefficient (Wildman–Crippen LogP) is 4.63. The summed E-state index contributed by atoms with van der Waals surface area (Å²) < 4.78 is 5.93. The standard InChI is InChI=1S/C19H27NO/c1-15(2)11-12-16(3)20-13-14-21-19-10-6-8-17-7-4-5-9-18(17)19/h4-10,15-16,20H,11-14H2,1-3H3. The van der Waals surface area contributed by atoms with Crippen molar-refractivity contribution in [2.24, 2.45) is 5.92 Å². The number of hydrogen-bond acceptors (Lipinski definition) is 2. The zero-order valence-corrected chi connectivity index (χ0v) is 13.4. The molecule has 0 heterocycles. The van der Waals surface area contributed by atoms with Gasteiger partial charge in [0.2, 0.25) is 0 Å².